The molecule has 0 atom stereocenters. The summed E-state index contributed by atoms with van der Waals surface area (Å²) in [4.78, 5) is 12.7. The molecule has 0 bridgehead atoms. The van der Waals surface area contributed by atoms with Gasteiger partial charge in [-0.25, -0.2) is 13.6 Å². The van der Waals surface area contributed by atoms with E-state index in [1.165, 1.54) is 18.2 Å². The van der Waals surface area contributed by atoms with Crippen molar-refractivity contribution in [2.45, 2.75) is 23.2 Å². The molecular formula is C19H20BrClN2O4S. The summed E-state index contributed by atoms with van der Waals surface area (Å²) in [5.74, 6) is -0.384. The Labute approximate surface area is 177 Å². The van der Waals surface area contributed by atoms with Crippen molar-refractivity contribution in [3.05, 3.63) is 63.1 Å². The van der Waals surface area contributed by atoms with Gasteiger partial charge < -0.3 is 10.1 Å². The second-order valence-electron chi connectivity index (χ2n) is 6.77. The first-order valence-electron chi connectivity index (χ1n) is 8.66. The fourth-order valence-electron chi connectivity index (χ4n) is 3.35. The Bertz CT molecular complexity index is 991. The highest BCUT2D eigenvalue weighted by Gasteiger charge is 2.35. The smallest absolute Gasteiger partial charge is 0.252 e. The van der Waals surface area contributed by atoms with E-state index in [1.54, 1.807) is 0 Å². The molecule has 0 aliphatic carbocycles. The Morgan fingerprint density at radius 3 is 2.57 bits per heavy atom. The van der Waals surface area contributed by atoms with Crippen molar-refractivity contribution in [3.63, 3.8) is 0 Å². The van der Waals surface area contributed by atoms with E-state index in [-0.39, 0.29) is 21.8 Å². The molecule has 0 radical (unpaired) electrons. The Morgan fingerprint density at radius 2 is 1.93 bits per heavy atom. The number of nitrogens with one attached hydrogen (secondary N) is 1. The number of ether oxygens (including phenoxy) is 1. The highest BCUT2D eigenvalue weighted by atomic mass is 79.9. The van der Waals surface area contributed by atoms with Crippen molar-refractivity contribution in [3.8, 4) is 0 Å². The number of carbonyl (C=O) groups is 1. The van der Waals surface area contributed by atoms with Gasteiger partial charge >= 0.3 is 0 Å². The van der Waals surface area contributed by atoms with Gasteiger partial charge in [-0.2, -0.15) is 0 Å². The van der Waals surface area contributed by atoms with Crippen molar-refractivity contribution in [2.75, 3.05) is 19.8 Å². The van der Waals surface area contributed by atoms with Gasteiger partial charge in [0.1, 0.15) is 0 Å². The van der Waals surface area contributed by atoms with Crippen LogP contribution in [0.1, 0.15) is 28.8 Å². The van der Waals surface area contributed by atoms with E-state index in [9.17, 15) is 13.2 Å². The number of halogens is 2. The normalized spacial score (nSPS) is 16.5. The van der Waals surface area contributed by atoms with Gasteiger partial charge in [0.2, 0.25) is 10.0 Å². The van der Waals surface area contributed by atoms with Crippen molar-refractivity contribution in [2.24, 2.45) is 5.14 Å². The number of rotatable bonds is 5. The lowest BCUT2D eigenvalue weighted by atomic mass is 9.74. The Morgan fingerprint density at radius 1 is 1.21 bits per heavy atom. The van der Waals surface area contributed by atoms with E-state index in [0.717, 1.165) is 18.4 Å². The summed E-state index contributed by atoms with van der Waals surface area (Å²) in [6.45, 7) is 1.56. The van der Waals surface area contributed by atoms with Gasteiger partial charge in [0.25, 0.3) is 5.91 Å². The van der Waals surface area contributed by atoms with Crippen LogP contribution in [0, 0.1) is 0 Å². The molecule has 1 amide bonds. The number of sulfonamides is 1. The van der Waals surface area contributed by atoms with Gasteiger partial charge in [0.15, 0.2) is 0 Å². The van der Waals surface area contributed by atoms with E-state index >= 15 is 0 Å². The number of benzene rings is 2. The third-order valence-corrected chi connectivity index (χ3v) is 6.82. The van der Waals surface area contributed by atoms with Crippen molar-refractivity contribution in [1.29, 1.82) is 0 Å². The third-order valence-electron chi connectivity index (χ3n) is 4.99. The zero-order valence-corrected chi connectivity index (χ0v) is 18.1. The highest BCUT2D eigenvalue weighted by molar-refractivity contribution is 9.10. The Balaban J connectivity index is 1.85. The number of primary sulfonamides is 1. The largest absolute Gasteiger partial charge is 0.381 e. The highest BCUT2D eigenvalue weighted by Crippen LogP contribution is 2.35. The van der Waals surface area contributed by atoms with Gasteiger partial charge in [-0.05, 0) is 64.7 Å². The van der Waals surface area contributed by atoms with E-state index in [2.05, 4.69) is 21.2 Å². The van der Waals surface area contributed by atoms with Crippen molar-refractivity contribution >= 4 is 43.5 Å². The molecule has 2 aromatic rings. The molecule has 1 heterocycles. The standard InChI is InChI=1S/C19H20BrClN2O4S/c20-17-5-4-15(28(22,25)26)11-16(17)18(24)23-12-19(6-8-27-9-7-19)13-2-1-3-14(21)10-13/h1-5,10-11H,6-9,12H2,(H,23,24)(H2,22,25,26). The van der Waals surface area contributed by atoms with Gasteiger partial charge in [0.05, 0.1) is 10.5 Å². The molecule has 0 unspecified atom stereocenters. The van der Waals surface area contributed by atoms with Gasteiger partial charge in [-0.3, -0.25) is 4.79 Å². The van der Waals surface area contributed by atoms with Crippen LogP contribution in [0.5, 0.6) is 0 Å². The minimum atomic E-state index is -3.90. The molecule has 2 aromatic carbocycles. The van der Waals surface area contributed by atoms with E-state index in [1.807, 2.05) is 24.3 Å². The number of nitrogens with two attached hydrogens (primary N) is 1. The molecule has 1 saturated heterocycles. The third kappa shape index (κ3) is 4.75. The fraction of sp³-hybridized carbons (Fsp3) is 0.316. The van der Waals surface area contributed by atoms with Crippen molar-refractivity contribution < 1.29 is 17.9 Å². The molecule has 0 aromatic heterocycles. The number of hydrogen-bond donors (Lipinski definition) is 2. The maximum atomic E-state index is 12.8. The molecular weight excluding hydrogens is 468 g/mol. The molecule has 1 aliphatic heterocycles. The molecule has 3 N–H and O–H groups in total. The lowest BCUT2D eigenvalue weighted by Crippen LogP contribution is -2.44. The fourth-order valence-corrected chi connectivity index (χ4v) is 4.50. The molecule has 28 heavy (non-hydrogen) atoms. The van der Waals surface area contributed by atoms with Crippen LogP contribution in [-0.2, 0) is 20.2 Å². The molecule has 150 valence electrons. The number of carbonyl (C=O) groups excluding carboxylic acids is 1. The van der Waals surface area contributed by atoms with Crippen LogP contribution >= 0.6 is 27.5 Å². The van der Waals surface area contributed by atoms with Gasteiger partial charge in [-0.15, -0.1) is 0 Å². The summed E-state index contributed by atoms with van der Waals surface area (Å²) in [6, 6.07) is 11.7. The van der Waals surface area contributed by atoms with E-state index in [4.69, 9.17) is 21.5 Å². The summed E-state index contributed by atoms with van der Waals surface area (Å²) in [5, 5.41) is 8.76. The van der Waals surface area contributed by atoms with Crippen LogP contribution in [0.4, 0.5) is 0 Å². The molecule has 0 spiro atoms. The second kappa shape index (κ2) is 8.51. The predicted molar refractivity (Wildman–Crippen MR) is 111 cm³/mol. The summed E-state index contributed by atoms with van der Waals surface area (Å²) < 4.78 is 29.2. The first kappa shape index (κ1) is 21.3. The average Bonchev–Trinajstić information content (AvgIpc) is 2.66. The maximum absolute atomic E-state index is 12.8. The van der Waals surface area contributed by atoms with Crippen LogP contribution in [0.2, 0.25) is 5.02 Å². The summed E-state index contributed by atoms with van der Waals surface area (Å²) in [5.41, 5.74) is 0.948. The van der Waals surface area contributed by atoms with Crippen LogP contribution in [0.3, 0.4) is 0 Å². The molecule has 3 rings (SSSR count). The van der Waals surface area contributed by atoms with Crippen LogP contribution < -0.4 is 10.5 Å². The first-order chi connectivity index (χ1) is 13.2. The zero-order chi connectivity index (χ0) is 20.4. The quantitative estimate of drug-likeness (QED) is 0.676. The summed E-state index contributed by atoms with van der Waals surface area (Å²) in [7, 11) is -3.90. The lowest BCUT2D eigenvalue weighted by Gasteiger charge is -2.38. The molecule has 1 fully saturated rings. The van der Waals surface area contributed by atoms with E-state index in [0.29, 0.717) is 29.3 Å². The SMILES string of the molecule is NS(=O)(=O)c1ccc(Br)c(C(=O)NCC2(c3cccc(Cl)c3)CCOCC2)c1. The topological polar surface area (TPSA) is 98.5 Å². The minimum Gasteiger partial charge on any atom is -0.381 e. The monoisotopic (exact) mass is 486 g/mol. The first-order valence-corrected chi connectivity index (χ1v) is 11.4. The predicted octanol–water partition coefficient (Wildman–Crippen LogP) is 3.23. The van der Waals surface area contributed by atoms with Crippen LogP contribution in [0.15, 0.2) is 51.8 Å². The molecule has 6 nitrogen and oxygen atoms in total. The summed E-state index contributed by atoms with van der Waals surface area (Å²) in [6.07, 6.45) is 1.48. The zero-order valence-electron chi connectivity index (χ0n) is 15.0. The molecule has 1 aliphatic rings. The molecule has 0 saturated carbocycles. The molecule has 9 heteroatoms. The van der Waals surface area contributed by atoms with Gasteiger partial charge in [-0.1, -0.05) is 23.7 Å². The summed E-state index contributed by atoms with van der Waals surface area (Å²) >= 11 is 9.47. The van der Waals surface area contributed by atoms with Gasteiger partial charge in [0, 0.05) is 34.7 Å². The van der Waals surface area contributed by atoms with Crippen molar-refractivity contribution in [1.82, 2.24) is 5.32 Å². The van der Waals surface area contributed by atoms with Crippen LogP contribution in [-0.4, -0.2) is 34.1 Å². The van der Waals surface area contributed by atoms with E-state index < -0.39 is 10.0 Å². The number of hydrogen-bond acceptors (Lipinski definition) is 4. The number of amides is 1. The minimum absolute atomic E-state index is 0.114. The van der Waals surface area contributed by atoms with Crippen LogP contribution in [0.25, 0.3) is 0 Å². The average molecular weight is 488 g/mol. The second-order valence-corrected chi connectivity index (χ2v) is 9.62. The maximum Gasteiger partial charge on any atom is 0.252 e. The Kier molecular flexibility index (Phi) is 6.46. The Hall–Kier alpha value is -1.45. The lowest BCUT2D eigenvalue weighted by molar-refractivity contribution is 0.0487.